The number of anilines is 1. The third kappa shape index (κ3) is 3.08. The number of nitrogens with zero attached hydrogens (tertiary/aromatic N) is 2. The van der Waals surface area contributed by atoms with Crippen LogP contribution in [-0.4, -0.2) is 15.7 Å². The van der Waals surface area contributed by atoms with Crippen LogP contribution in [0.2, 0.25) is 5.02 Å². The topological polar surface area (TPSA) is 46.9 Å². The molecule has 0 aliphatic carbocycles. The Hall–Kier alpha value is -2.07. The molecular weight excluding hydrogens is 274 g/mol. The van der Waals surface area contributed by atoms with Gasteiger partial charge in [0.2, 0.25) is 5.91 Å². The molecule has 0 aliphatic heterocycles. The number of benzene rings is 1. The first-order chi connectivity index (χ1) is 9.49. The molecule has 1 aromatic carbocycles. The fourth-order valence-corrected chi connectivity index (χ4v) is 2.11. The van der Waals surface area contributed by atoms with Crippen molar-refractivity contribution in [2.45, 2.75) is 13.8 Å². The first kappa shape index (κ1) is 14.3. The van der Waals surface area contributed by atoms with Gasteiger partial charge < -0.3 is 5.32 Å². The van der Waals surface area contributed by atoms with E-state index in [0.717, 1.165) is 17.0 Å². The highest BCUT2D eigenvalue weighted by Gasteiger charge is 2.07. The van der Waals surface area contributed by atoms with Crippen LogP contribution in [0.4, 0.5) is 5.69 Å². The summed E-state index contributed by atoms with van der Waals surface area (Å²) in [7, 11) is 1.88. The molecule has 0 radical (unpaired) electrons. The number of carbonyl (C=O) groups is 1. The van der Waals surface area contributed by atoms with Crippen LogP contribution in [0.5, 0.6) is 0 Å². The Bertz CT molecular complexity index is 674. The van der Waals surface area contributed by atoms with Crippen molar-refractivity contribution in [2.75, 3.05) is 5.32 Å². The molecule has 0 unspecified atom stereocenters. The first-order valence-electron chi connectivity index (χ1n) is 6.23. The van der Waals surface area contributed by atoms with E-state index in [4.69, 9.17) is 11.6 Å². The van der Waals surface area contributed by atoms with Crippen molar-refractivity contribution in [3.8, 4) is 0 Å². The number of aryl methyl sites for hydroxylation is 2. The summed E-state index contributed by atoms with van der Waals surface area (Å²) >= 11 is 5.99. The minimum atomic E-state index is -0.222. The van der Waals surface area contributed by atoms with E-state index in [1.165, 1.54) is 6.08 Å². The zero-order valence-corrected chi connectivity index (χ0v) is 12.4. The van der Waals surface area contributed by atoms with Crippen LogP contribution in [0.1, 0.15) is 17.0 Å². The van der Waals surface area contributed by atoms with Crippen LogP contribution in [-0.2, 0) is 11.8 Å². The maximum absolute atomic E-state index is 11.9. The van der Waals surface area contributed by atoms with Gasteiger partial charge in [-0.25, -0.2) is 0 Å². The number of halogens is 1. The lowest BCUT2D eigenvalue weighted by atomic mass is 10.2. The Kier molecular flexibility index (Phi) is 4.25. The van der Waals surface area contributed by atoms with Gasteiger partial charge in [-0.3, -0.25) is 9.48 Å². The lowest BCUT2D eigenvalue weighted by molar-refractivity contribution is -0.111. The van der Waals surface area contributed by atoms with Crippen LogP contribution >= 0.6 is 11.6 Å². The van der Waals surface area contributed by atoms with Gasteiger partial charge in [0, 0.05) is 24.4 Å². The van der Waals surface area contributed by atoms with Crippen LogP contribution in [0.25, 0.3) is 6.08 Å². The van der Waals surface area contributed by atoms with Crippen LogP contribution in [0.3, 0.4) is 0 Å². The predicted octanol–water partition coefficient (Wildman–Crippen LogP) is 3.34. The van der Waals surface area contributed by atoms with Crippen LogP contribution in [0.15, 0.2) is 30.3 Å². The van der Waals surface area contributed by atoms with Crippen molar-refractivity contribution in [3.05, 3.63) is 52.3 Å². The Balaban J connectivity index is 2.12. The van der Waals surface area contributed by atoms with Gasteiger partial charge in [-0.05, 0) is 32.1 Å². The van der Waals surface area contributed by atoms with E-state index in [0.29, 0.717) is 10.7 Å². The molecule has 1 amide bonds. The molecule has 104 valence electrons. The van der Waals surface area contributed by atoms with Crippen molar-refractivity contribution in [2.24, 2.45) is 7.05 Å². The zero-order chi connectivity index (χ0) is 14.7. The average molecular weight is 290 g/mol. The number of rotatable bonds is 3. The quantitative estimate of drug-likeness (QED) is 0.881. The number of amides is 1. The molecule has 1 aromatic heterocycles. The Labute approximate surface area is 123 Å². The van der Waals surface area contributed by atoms with Crippen molar-refractivity contribution in [1.82, 2.24) is 9.78 Å². The van der Waals surface area contributed by atoms with Crippen LogP contribution < -0.4 is 5.32 Å². The molecule has 5 heteroatoms. The minimum Gasteiger partial charge on any atom is -0.321 e. The van der Waals surface area contributed by atoms with E-state index in [1.54, 1.807) is 22.9 Å². The Morgan fingerprint density at radius 1 is 1.35 bits per heavy atom. The third-order valence-corrected chi connectivity index (χ3v) is 3.43. The molecule has 0 saturated carbocycles. The number of hydrogen-bond donors (Lipinski definition) is 1. The van der Waals surface area contributed by atoms with Gasteiger partial charge in [0.15, 0.2) is 0 Å². The fourth-order valence-electron chi connectivity index (χ4n) is 1.93. The SMILES string of the molecule is Cc1nn(C)c(C)c1/C=C/C(=O)Nc1ccccc1Cl. The van der Waals surface area contributed by atoms with E-state index in [1.807, 2.05) is 33.0 Å². The van der Waals surface area contributed by atoms with Gasteiger partial charge in [0.05, 0.1) is 16.4 Å². The van der Waals surface area contributed by atoms with E-state index in [-0.39, 0.29) is 5.91 Å². The van der Waals surface area contributed by atoms with E-state index in [2.05, 4.69) is 10.4 Å². The summed E-state index contributed by atoms with van der Waals surface area (Å²) in [4.78, 5) is 11.9. The molecule has 0 aliphatic rings. The molecule has 0 atom stereocenters. The van der Waals surface area contributed by atoms with E-state index < -0.39 is 0 Å². The molecular formula is C15H16ClN3O. The van der Waals surface area contributed by atoms with Gasteiger partial charge in [0.1, 0.15) is 0 Å². The molecule has 0 saturated heterocycles. The monoisotopic (exact) mass is 289 g/mol. The molecule has 0 fully saturated rings. The number of aromatic nitrogens is 2. The smallest absolute Gasteiger partial charge is 0.248 e. The first-order valence-corrected chi connectivity index (χ1v) is 6.60. The molecule has 1 N–H and O–H groups in total. The molecule has 1 heterocycles. The highest BCUT2D eigenvalue weighted by Crippen LogP contribution is 2.20. The molecule has 0 spiro atoms. The minimum absolute atomic E-state index is 0.222. The van der Waals surface area contributed by atoms with Crippen molar-refractivity contribution < 1.29 is 4.79 Å². The van der Waals surface area contributed by atoms with Gasteiger partial charge in [-0.15, -0.1) is 0 Å². The number of nitrogens with one attached hydrogen (secondary N) is 1. The highest BCUT2D eigenvalue weighted by molar-refractivity contribution is 6.33. The maximum atomic E-state index is 11.9. The third-order valence-electron chi connectivity index (χ3n) is 3.10. The summed E-state index contributed by atoms with van der Waals surface area (Å²) in [6, 6.07) is 7.13. The molecule has 4 nitrogen and oxygen atoms in total. The van der Waals surface area contributed by atoms with Crippen LogP contribution in [0, 0.1) is 13.8 Å². The summed E-state index contributed by atoms with van der Waals surface area (Å²) in [6.07, 6.45) is 3.25. The van der Waals surface area contributed by atoms with Crippen molar-refractivity contribution in [3.63, 3.8) is 0 Å². The highest BCUT2D eigenvalue weighted by atomic mass is 35.5. The summed E-state index contributed by atoms with van der Waals surface area (Å²) in [5.41, 5.74) is 3.47. The number of para-hydroxylation sites is 1. The lowest BCUT2D eigenvalue weighted by Gasteiger charge is -2.03. The zero-order valence-electron chi connectivity index (χ0n) is 11.6. The second-order valence-corrected chi connectivity index (χ2v) is 4.92. The second-order valence-electron chi connectivity index (χ2n) is 4.51. The van der Waals surface area contributed by atoms with Gasteiger partial charge in [-0.1, -0.05) is 23.7 Å². The van der Waals surface area contributed by atoms with Crippen molar-refractivity contribution >= 4 is 29.3 Å². The average Bonchev–Trinajstić information content (AvgIpc) is 2.64. The van der Waals surface area contributed by atoms with E-state index >= 15 is 0 Å². The van der Waals surface area contributed by atoms with Crippen molar-refractivity contribution in [1.29, 1.82) is 0 Å². The van der Waals surface area contributed by atoms with Gasteiger partial charge in [0.25, 0.3) is 0 Å². The van der Waals surface area contributed by atoms with Gasteiger partial charge >= 0.3 is 0 Å². The number of hydrogen-bond acceptors (Lipinski definition) is 2. The maximum Gasteiger partial charge on any atom is 0.248 e. The molecule has 2 aromatic rings. The lowest BCUT2D eigenvalue weighted by Crippen LogP contribution is -2.08. The number of carbonyl (C=O) groups excluding carboxylic acids is 1. The van der Waals surface area contributed by atoms with Gasteiger partial charge in [-0.2, -0.15) is 5.10 Å². The Morgan fingerprint density at radius 3 is 2.65 bits per heavy atom. The van der Waals surface area contributed by atoms with E-state index in [9.17, 15) is 4.79 Å². The summed E-state index contributed by atoms with van der Waals surface area (Å²) in [5.74, 6) is -0.222. The summed E-state index contributed by atoms with van der Waals surface area (Å²) in [5, 5.41) is 7.56. The fraction of sp³-hybridized carbons (Fsp3) is 0.200. The largest absolute Gasteiger partial charge is 0.321 e. The predicted molar refractivity (Wildman–Crippen MR) is 81.8 cm³/mol. The Morgan fingerprint density at radius 2 is 2.05 bits per heavy atom. The molecule has 2 rings (SSSR count). The normalized spacial score (nSPS) is 11.0. The standard InChI is InChI=1S/C15H16ClN3O/c1-10-12(11(2)19(3)18-10)8-9-15(20)17-14-7-5-4-6-13(14)16/h4-9H,1-3H3,(H,17,20)/b9-8+. The summed E-state index contributed by atoms with van der Waals surface area (Å²) in [6.45, 7) is 3.88. The molecule has 0 bridgehead atoms. The molecule has 20 heavy (non-hydrogen) atoms. The second kappa shape index (κ2) is 5.92. The summed E-state index contributed by atoms with van der Waals surface area (Å²) < 4.78 is 1.79.